The van der Waals surface area contributed by atoms with E-state index in [-0.39, 0.29) is 0 Å². The number of rotatable bonds is 6. The number of para-hydroxylation sites is 1. The van der Waals surface area contributed by atoms with Crippen LogP contribution in [-0.2, 0) is 0 Å². The Morgan fingerprint density at radius 2 is 1.02 bits per heavy atom. The minimum Gasteiger partial charge on any atom is -0.455 e. The summed E-state index contributed by atoms with van der Waals surface area (Å²) < 4.78 is 15.6. The first-order valence-electron chi connectivity index (χ1n) is 18.0. The zero-order chi connectivity index (χ0) is 35.6. The van der Waals surface area contributed by atoms with Gasteiger partial charge in [-0.2, -0.15) is 0 Å². The Labute approximate surface area is 314 Å². The number of hydrogen-bond donors (Lipinski definition) is 0. The molecule has 0 amide bonds. The van der Waals surface area contributed by atoms with Gasteiger partial charge in [-0.3, -0.25) is 0 Å². The van der Waals surface area contributed by atoms with Crippen molar-refractivity contribution in [1.29, 1.82) is 0 Å². The van der Waals surface area contributed by atoms with Crippen molar-refractivity contribution >= 4 is 81.6 Å². The molecule has 0 saturated heterocycles. The molecule has 0 aliphatic carbocycles. The van der Waals surface area contributed by atoms with Crippen molar-refractivity contribution in [2.45, 2.75) is 0 Å². The topological polar surface area (TPSA) is 42.4 Å². The van der Waals surface area contributed by atoms with Crippen molar-refractivity contribution in [2.75, 3.05) is 4.90 Å². The Balaban J connectivity index is 1.06. The normalized spacial score (nSPS) is 11.7. The highest BCUT2D eigenvalue weighted by Gasteiger charge is 2.22. The zero-order valence-electron chi connectivity index (χ0n) is 28.9. The number of nitrogens with zero attached hydrogens (tertiary/aromatic N) is 2. The minimum atomic E-state index is 0.592. The predicted octanol–water partition coefficient (Wildman–Crippen LogP) is 14.6. The van der Waals surface area contributed by atoms with Gasteiger partial charge in [0.2, 0.25) is 5.89 Å². The van der Waals surface area contributed by atoms with Gasteiger partial charge in [-0.15, -0.1) is 11.3 Å². The van der Waals surface area contributed by atoms with E-state index >= 15 is 0 Å². The van der Waals surface area contributed by atoms with Crippen molar-refractivity contribution in [3.63, 3.8) is 0 Å². The van der Waals surface area contributed by atoms with Gasteiger partial charge in [-0.1, -0.05) is 115 Å². The molecule has 4 nitrogen and oxygen atoms in total. The molecule has 0 aliphatic heterocycles. The average molecular weight is 711 g/mol. The van der Waals surface area contributed by atoms with Gasteiger partial charge in [-0.05, 0) is 83.4 Å². The van der Waals surface area contributed by atoms with Crippen LogP contribution in [0, 0.1) is 0 Å². The molecule has 0 saturated carbocycles. The third-order valence-corrected chi connectivity index (χ3v) is 11.4. The van der Waals surface area contributed by atoms with Crippen LogP contribution in [-0.4, -0.2) is 4.98 Å². The Morgan fingerprint density at radius 3 is 1.78 bits per heavy atom. The lowest BCUT2D eigenvalue weighted by Crippen LogP contribution is -2.09. The van der Waals surface area contributed by atoms with Gasteiger partial charge in [0.15, 0.2) is 5.58 Å². The summed E-state index contributed by atoms with van der Waals surface area (Å²) in [4.78, 5) is 7.32. The second kappa shape index (κ2) is 12.3. The van der Waals surface area contributed by atoms with Crippen LogP contribution in [0.25, 0.3) is 86.9 Å². The first-order valence-corrected chi connectivity index (χ1v) is 18.8. The Hall–Kier alpha value is -6.95. The Kier molecular flexibility index (Phi) is 7.00. The lowest BCUT2D eigenvalue weighted by molar-refractivity contribution is 0.622. The minimum absolute atomic E-state index is 0.592. The van der Waals surface area contributed by atoms with Crippen LogP contribution >= 0.6 is 11.3 Å². The van der Waals surface area contributed by atoms with Gasteiger partial charge in [-0.25, -0.2) is 4.98 Å². The second-order valence-electron chi connectivity index (χ2n) is 13.5. The van der Waals surface area contributed by atoms with Crippen LogP contribution in [0.15, 0.2) is 191 Å². The van der Waals surface area contributed by atoms with Crippen LogP contribution in [0.5, 0.6) is 0 Å². The van der Waals surface area contributed by atoms with E-state index in [9.17, 15) is 0 Å². The first kappa shape index (κ1) is 30.7. The van der Waals surface area contributed by atoms with Gasteiger partial charge in [0.1, 0.15) is 16.7 Å². The summed E-state index contributed by atoms with van der Waals surface area (Å²) in [5.41, 5.74) is 11.7. The highest BCUT2D eigenvalue weighted by Crippen LogP contribution is 2.44. The molecule has 0 aliphatic rings. The van der Waals surface area contributed by atoms with Crippen LogP contribution in [0.2, 0.25) is 0 Å². The molecule has 254 valence electrons. The smallest absolute Gasteiger partial charge is 0.227 e. The molecule has 11 rings (SSSR count). The van der Waals surface area contributed by atoms with Gasteiger partial charge in [0, 0.05) is 53.7 Å². The van der Waals surface area contributed by atoms with Crippen molar-refractivity contribution < 1.29 is 8.83 Å². The molecule has 0 bridgehead atoms. The molecule has 0 spiro atoms. The number of fused-ring (bicyclic) bond motifs is 8. The van der Waals surface area contributed by atoms with E-state index in [1.807, 2.05) is 59.9 Å². The van der Waals surface area contributed by atoms with E-state index in [0.717, 1.165) is 66.8 Å². The first-order chi connectivity index (χ1) is 26.7. The summed E-state index contributed by atoms with van der Waals surface area (Å²) in [6, 6.07) is 63.9. The quantitative estimate of drug-likeness (QED) is 0.172. The van der Waals surface area contributed by atoms with E-state index in [2.05, 4.69) is 138 Å². The predicted molar refractivity (Wildman–Crippen MR) is 225 cm³/mol. The maximum atomic E-state index is 6.59. The highest BCUT2D eigenvalue weighted by atomic mass is 32.1. The van der Waals surface area contributed by atoms with E-state index in [1.54, 1.807) is 0 Å². The average Bonchev–Trinajstić information content (AvgIpc) is 3.95. The summed E-state index contributed by atoms with van der Waals surface area (Å²) >= 11 is 1.84. The summed E-state index contributed by atoms with van der Waals surface area (Å²) in [5.74, 6) is 0.592. The summed E-state index contributed by atoms with van der Waals surface area (Å²) in [5, 5.41) is 4.52. The molecule has 11 aromatic rings. The monoisotopic (exact) mass is 710 g/mol. The van der Waals surface area contributed by atoms with Crippen molar-refractivity contribution in [2.24, 2.45) is 0 Å². The molecule has 0 fully saturated rings. The molecule has 0 atom stereocenters. The molecular weight excluding hydrogens is 681 g/mol. The number of aromatic nitrogens is 1. The number of furan rings is 1. The Bertz CT molecular complexity index is 3140. The maximum Gasteiger partial charge on any atom is 0.227 e. The zero-order valence-corrected chi connectivity index (χ0v) is 29.8. The lowest BCUT2D eigenvalue weighted by atomic mass is 10.0. The van der Waals surface area contributed by atoms with Crippen LogP contribution in [0.3, 0.4) is 0 Å². The molecule has 0 N–H and O–H groups in total. The standard InChI is InChI=1S/C49H30N2O2S/c1-3-11-31(12-4-1)32-19-23-35(24-20-32)51(37-27-28-39-38-15-8-10-18-44(38)54-45(39)29-37)36-25-21-33(22-26-36)41-30-42-48(53-49(50-42)34-13-5-2-6-14-34)46-40-16-7-9-17-43(40)52-47(41)46/h1-30H. The van der Waals surface area contributed by atoms with Crippen LogP contribution in [0.1, 0.15) is 0 Å². The fourth-order valence-corrected chi connectivity index (χ4v) is 8.85. The number of hydrogen-bond acceptors (Lipinski definition) is 5. The van der Waals surface area contributed by atoms with Gasteiger partial charge in [0.05, 0.1) is 5.39 Å². The number of thiophene rings is 1. The molecule has 5 heteroatoms. The highest BCUT2D eigenvalue weighted by molar-refractivity contribution is 7.25. The SMILES string of the molecule is c1ccc(-c2ccc(N(c3ccc(-c4cc5nc(-c6ccccc6)oc5c5c4oc4ccccc45)cc3)c3ccc4c(c3)sc3ccccc34)cc2)cc1. The van der Waals surface area contributed by atoms with Crippen molar-refractivity contribution in [1.82, 2.24) is 4.98 Å². The molecule has 54 heavy (non-hydrogen) atoms. The molecule has 3 heterocycles. The fourth-order valence-electron chi connectivity index (χ4n) is 7.71. The van der Waals surface area contributed by atoms with Gasteiger partial charge < -0.3 is 13.7 Å². The largest absolute Gasteiger partial charge is 0.455 e. The molecule has 0 unspecified atom stereocenters. The van der Waals surface area contributed by atoms with Crippen LogP contribution in [0.4, 0.5) is 17.1 Å². The maximum absolute atomic E-state index is 6.59. The number of benzene rings is 8. The summed E-state index contributed by atoms with van der Waals surface area (Å²) in [6.45, 7) is 0. The van der Waals surface area contributed by atoms with Crippen molar-refractivity contribution in [3.05, 3.63) is 182 Å². The van der Waals surface area contributed by atoms with Crippen molar-refractivity contribution in [3.8, 4) is 33.7 Å². The van der Waals surface area contributed by atoms with Gasteiger partial charge in [0.25, 0.3) is 0 Å². The van der Waals surface area contributed by atoms with Gasteiger partial charge >= 0.3 is 0 Å². The summed E-state index contributed by atoms with van der Waals surface area (Å²) in [6.07, 6.45) is 0. The van der Waals surface area contributed by atoms with Crippen LogP contribution < -0.4 is 4.90 Å². The molecular formula is C49H30N2O2S. The third-order valence-electron chi connectivity index (χ3n) is 10.3. The molecule has 0 radical (unpaired) electrons. The fraction of sp³-hybridized carbons (Fsp3) is 0. The number of anilines is 3. The third kappa shape index (κ3) is 5.01. The number of oxazole rings is 1. The molecule has 3 aromatic heterocycles. The van der Waals surface area contributed by atoms with E-state index in [1.165, 1.54) is 31.3 Å². The molecule has 8 aromatic carbocycles. The Morgan fingerprint density at radius 1 is 0.426 bits per heavy atom. The van der Waals surface area contributed by atoms with E-state index < -0.39 is 0 Å². The second-order valence-corrected chi connectivity index (χ2v) is 14.6. The lowest BCUT2D eigenvalue weighted by Gasteiger charge is -2.26. The summed E-state index contributed by atoms with van der Waals surface area (Å²) in [7, 11) is 0. The van der Waals surface area contributed by atoms with E-state index in [4.69, 9.17) is 13.8 Å². The van der Waals surface area contributed by atoms with E-state index in [0.29, 0.717) is 5.89 Å².